The molecule has 182 valence electrons. The second-order valence-corrected chi connectivity index (χ2v) is 10.9. The summed E-state index contributed by atoms with van der Waals surface area (Å²) < 4.78 is 36.1. The number of carbonyl (C=O) groups is 1. The lowest BCUT2D eigenvalue weighted by atomic mass is 9.82. The van der Waals surface area contributed by atoms with Crippen LogP contribution in [0.2, 0.25) is 0 Å². The first-order valence-electron chi connectivity index (χ1n) is 11.6. The molecule has 5 rings (SSSR count). The van der Waals surface area contributed by atoms with Crippen LogP contribution in [0.1, 0.15) is 23.6 Å². The molecule has 1 N–H and O–H groups in total. The van der Waals surface area contributed by atoms with Crippen molar-refractivity contribution in [2.24, 2.45) is 5.92 Å². The van der Waals surface area contributed by atoms with Crippen LogP contribution < -0.4 is 15.0 Å². The minimum Gasteiger partial charge on any atom is -0.484 e. The van der Waals surface area contributed by atoms with E-state index in [1.165, 1.54) is 12.1 Å². The number of rotatable bonds is 6. The van der Waals surface area contributed by atoms with Gasteiger partial charge in [0, 0.05) is 31.6 Å². The number of aryl methyl sites for hydroxylation is 1. The average Bonchev–Trinajstić information content (AvgIpc) is 2.85. The third kappa shape index (κ3) is 4.81. The Bertz CT molecular complexity index is 1400. The summed E-state index contributed by atoms with van der Waals surface area (Å²) >= 11 is 0. The molecule has 0 radical (unpaired) electrons. The Morgan fingerprint density at radius 1 is 1.00 bits per heavy atom. The van der Waals surface area contributed by atoms with Crippen molar-refractivity contribution in [2.75, 3.05) is 24.4 Å². The van der Waals surface area contributed by atoms with E-state index in [0.29, 0.717) is 36.8 Å². The molecule has 35 heavy (non-hydrogen) atoms. The molecule has 0 saturated carbocycles. The van der Waals surface area contributed by atoms with Crippen LogP contribution in [0.5, 0.6) is 5.75 Å². The third-order valence-corrected chi connectivity index (χ3v) is 8.01. The number of fused-ring (bicyclic) bond motifs is 4. The van der Waals surface area contributed by atoms with Gasteiger partial charge < -0.3 is 14.2 Å². The second-order valence-electron chi connectivity index (χ2n) is 9.20. The van der Waals surface area contributed by atoms with Gasteiger partial charge in [0.25, 0.3) is 21.5 Å². The van der Waals surface area contributed by atoms with Crippen LogP contribution in [0, 0.1) is 12.8 Å². The third-order valence-electron chi connectivity index (χ3n) is 6.62. The van der Waals surface area contributed by atoms with Crippen LogP contribution in [0.4, 0.5) is 5.69 Å². The number of amides is 1. The first-order chi connectivity index (χ1) is 16.8. The summed E-state index contributed by atoms with van der Waals surface area (Å²) in [5.41, 5.74) is 1.80. The highest BCUT2D eigenvalue weighted by Gasteiger charge is 2.38. The van der Waals surface area contributed by atoms with E-state index < -0.39 is 10.0 Å². The highest BCUT2D eigenvalue weighted by atomic mass is 32.2. The molecule has 2 aromatic carbocycles. The smallest absolute Gasteiger partial charge is 0.261 e. The topological polar surface area (TPSA) is 97.7 Å². The lowest BCUT2D eigenvalue weighted by Crippen LogP contribution is -2.50. The number of pyridine rings is 1. The zero-order valence-electron chi connectivity index (χ0n) is 19.4. The number of hydrogen-bond acceptors (Lipinski definition) is 5. The highest BCUT2D eigenvalue weighted by molar-refractivity contribution is 7.92. The number of piperidine rings is 1. The lowest BCUT2D eigenvalue weighted by Gasteiger charge is -2.43. The average molecular weight is 494 g/mol. The van der Waals surface area contributed by atoms with Crippen LogP contribution >= 0.6 is 0 Å². The second kappa shape index (κ2) is 9.22. The van der Waals surface area contributed by atoms with Gasteiger partial charge in [0.05, 0.1) is 16.3 Å². The Hall–Kier alpha value is -3.59. The number of ether oxygens (including phenoxy) is 1. The van der Waals surface area contributed by atoms with Crippen LogP contribution in [0.25, 0.3) is 0 Å². The molecule has 1 saturated heterocycles. The van der Waals surface area contributed by atoms with Crippen LogP contribution in [0.15, 0.2) is 76.4 Å². The van der Waals surface area contributed by atoms with E-state index in [1.807, 2.05) is 25.1 Å². The minimum atomic E-state index is -3.84. The molecule has 1 fully saturated rings. The van der Waals surface area contributed by atoms with Crippen molar-refractivity contribution >= 4 is 21.6 Å². The van der Waals surface area contributed by atoms with Gasteiger partial charge in [-0.05, 0) is 49.6 Å². The number of sulfonamides is 1. The molecule has 8 nitrogen and oxygen atoms in total. The largest absolute Gasteiger partial charge is 0.484 e. The number of hydrogen-bond donors (Lipinski definition) is 1. The van der Waals surface area contributed by atoms with E-state index in [4.69, 9.17) is 4.74 Å². The molecule has 0 spiro atoms. The lowest BCUT2D eigenvalue weighted by molar-refractivity contribution is -0.136. The zero-order chi connectivity index (χ0) is 24.6. The minimum absolute atomic E-state index is 0.0715. The fraction of sp³-hybridized carbons (Fsp3) is 0.308. The van der Waals surface area contributed by atoms with E-state index >= 15 is 0 Å². The number of nitrogens with zero attached hydrogens (tertiary/aromatic N) is 2. The fourth-order valence-electron chi connectivity index (χ4n) is 4.98. The Morgan fingerprint density at radius 2 is 1.74 bits per heavy atom. The predicted molar refractivity (Wildman–Crippen MR) is 132 cm³/mol. The Labute approximate surface area is 204 Å². The van der Waals surface area contributed by atoms with Gasteiger partial charge in [-0.15, -0.1) is 0 Å². The van der Waals surface area contributed by atoms with Gasteiger partial charge in [-0.25, -0.2) is 8.42 Å². The zero-order valence-corrected chi connectivity index (χ0v) is 20.2. The number of benzene rings is 2. The Balaban J connectivity index is 1.39. The molecular weight excluding hydrogens is 466 g/mol. The molecule has 3 heterocycles. The van der Waals surface area contributed by atoms with Gasteiger partial charge in [-0.3, -0.25) is 14.3 Å². The predicted octanol–water partition coefficient (Wildman–Crippen LogP) is 2.98. The van der Waals surface area contributed by atoms with Crippen molar-refractivity contribution in [3.05, 3.63) is 88.3 Å². The van der Waals surface area contributed by atoms with Gasteiger partial charge in [0.1, 0.15) is 5.75 Å². The highest BCUT2D eigenvalue weighted by Crippen LogP contribution is 2.39. The molecule has 2 aliphatic heterocycles. The summed E-state index contributed by atoms with van der Waals surface area (Å²) in [6.45, 7) is 3.20. The fourth-order valence-corrected chi connectivity index (χ4v) is 6.05. The molecule has 2 atom stereocenters. The maximum Gasteiger partial charge on any atom is 0.261 e. The number of anilines is 1. The molecule has 1 aromatic heterocycles. The van der Waals surface area contributed by atoms with E-state index in [1.54, 1.807) is 45.9 Å². The number of aromatic nitrogens is 1. The van der Waals surface area contributed by atoms with Gasteiger partial charge >= 0.3 is 0 Å². The summed E-state index contributed by atoms with van der Waals surface area (Å²) in [5.74, 6) is 0.455. The maximum atomic E-state index is 13.1. The normalized spacial score (nSPS) is 19.1. The molecule has 1 amide bonds. The number of carbonyl (C=O) groups excluding carboxylic acids is 1. The van der Waals surface area contributed by atoms with Crippen molar-refractivity contribution in [3.8, 4) is 5.75 Å². The van der Waals surface area contributed by atoms with Gasteiger partial charge in [-0.1, -0.05) is 35.9 Å². The van der Waals surface area contributed by atoms with Crippen LogP contribution in [-0.4, -0.2) is 43.5 Å². The molecular formula is C26H27N3O5S. The summed E-state index contributed by atoms with van der Waals surface area (Å²) in [4.78, 5) is 27.5. The molecule has 3 aromatic rings. The van der Waals surface area contributed by atoms with E-state index in [2.05, 4.69) is 4.72 Å². The van der Waals surface area contributed by atoms with Crippen LogP contribution in [0.3, 0.4) is 0 Å². The summed E-state index contributed by atoms with van der Waals surface area (Å²) in [7, 11) is -3.84. The molecule has 2 bridgehead atoms. The van der Waals surface area contributed by atoms with Crippen molar-refractivity contribution < 1.29 is 17.9 Å². The van der Waals surface area contributed by atoms with E-state index in [-0.39, 0.29) is 34.8 Å². The van der Waals surface area contributed by atoms with Crippen LogP contribution in [-0.2, 0) is 21.4 Å². The Kier molecular flexibility index (Phi) is 6.10. The number of para-hydroxylation sites is 1. The Morgan fingerprint density at radius 3 is 2.49 bits per heavy atom. The first-order valence-corrected chi connectivity index (χ1v) is 13.1. The quantitative estimate of drug-likeness (QED) is 0.569. The molecule has 9 heteroatoms. The van der Waals surface area contributed by atoms with Crippen molar-refractivity contribution in [1.82, 2.24) is 9.47 Å². The molecule has 0 unspecified atom stereocenters. The molecule has 2 aliphatic rings. The van der Waals surface area contributed by atoms with Gasteiger partial charge in [0.2, 0.25) is 0 Å². The van der Waals surface area contributed by atoms with Crippen molar-refractivity contribution in [1.29, 1.82) is 0 Å². The maximum absolute atomic E-state index is 13.1. The molecule has 0 aliphatic carbocycles. The van der Waals surface area contributed by atoms with Crippen molar-refractivity contribution in [3.63, 3.8) is 0 Å². The van der Waals surface area contributed by atoms with E-state index in [9.17, 15) is 18.0 Å². The standard InChI is InChI=1S/C26H27N3O5S/c1-18-7-9-22(10-8-18)35(32,33)27-23-11-12-24(30)29-15-19-13-20(26(23)29)16-28(14-19)25(31)17-34-21-5-3-2-4-6-21/h2-12,19-20,27H,13-17H2,1H3/t19-,20-/m0/s1. The summed E-state index contributed by atoms with van der Waals surface area (Å²) in [6, 6.07) is 18.7. The van der Waals surface area contributed by atoms with Gasteiger partial charge in [-0.2, -0.15) is 0 Å². The van der Waals surface area contributed by atoms with E-state index in [0.717, 1.165) is 12.0 Å². The first kappa shape index (κ1) is 23.2. The summed E-state index contributed by atoms with van der Waals surface area (Å²) in [6.07, 6.45) is 0.784. The number of nitrogens with one attached hydrogen (secondary N) is 1. The van der Waals surface area contributed by atoms with Gasteiger partial charge in [0.15, 0.2) is 6.61 Å². The SMILES string of the molecule is Cc1ccc(S(=O)(=O)Nc2ccc(=O)n3c2[C@H]2C[C@@H](CN(C(=O)COc4ccccc4)C2)C3)cc1. The van der Waals surface area contributed by atoms with Crippen molar-refractivity contribution in [2.45, 2.75) is 30.7 Å². The monoisotopic (exact) mass is 493 g/mol. The summed E-state index contributed by atoms with van der Waals surface area (Å²) in [5, 5.41) is 0. The number of likely N-dealkylation sites (tertiary alicyclic amines) is 1.